The van der Waals surface area contributed by atoms with Crippen molar-refractivity contribution in [3.8, 4) is 5.75 Å². The number of thiophene rings is 1. The molecule has 4 heteroatoms. The molecule has 0 aliphatic heterocycles. The maximum absolute atomic E-state index is 10.8. The van der Waals surface area contributed by atoms with E-state index in [2.05, 4.69) is 0 Å². The fourth-order valence-corrected chi connectivity index (χ4v) is 2.43. The molecule has 0 saturated heterocycles. The van der Waals surface area contributed by atoms with Crippen molar-refractivity contribution in [3.05, 3.63) is 51.2 Å². The van der Waals surface area contributed by atoms with Crippen molar-refractivity contribution in [1.82, 2.24) is 0 Å². The highest BCUT2D eigenvalue weighted by atomic mass is 32.1. The van der Waals surface area contributed by atoms with Crippen molar-refractivity contribution >= 4 is 17.3 Å². The third-order valence-corrected chi connectivity index (χ3v) is 3.73. The SMILES string of the molecule is Cc1ccc(OCc2cc(C(=O)O)sc2C)cc1. The molecule has 0 atom stereocenters. The van der Waals surface area contributed by atoms with Gasteiger partial charge < -0.3 is 9.84 Å². The second-order valence-electron chi connectivity index (χ2n) is 4.10. The van der Waals surface area contributed by atoms with Crippen LogP contribution in [-0.2, 0) is 6.61 Å². The maximum Gasteiger partial charge on any atom is 0.345 e. The molecule has 18 heavy (non-hydrogen) atoms. The molecule has 0 fully saturated rings. The summed E-state index contributed by atoms with van der Waals surface area (Å²) in [6.07, 6.45) is 0. The Labute approximate surface area is 110 Å². The van der Waals surface area contributed by atoms with Crippen LogP contribution in [0.2, 0.25) is 0 Å². The number of benzene rings is 1. The molecule has 0 spiro atoms. The van der Waals surface area contributed by atoms with Crippen molar-refractivity contribution < 1.29 is 14.6 Å². The van der Waals surface area contributed by atoms with E-state index >= 15 is 0 Å². The fraction of sp³-hybridized carbons (Fsp3) is 0.214. The number of hydrogen-bond acceptors (Lipinski definition) is 3. The summed E-state index contributed by atoms with van der Waals surface area (Å²) in [5.74, 6) is -0.0900. The van der Waals surface area contributed by atoms with Gasteiger partial charge in [-0.25, -0.2) is 4.79 Å². The predicted molar refractivity (Wildman–Crippen MR) is 71.5 cm³/mol. The third-order valence-electron chi connectivity index (χ3n) is 2.65. The summed E-state index contributed by atoms with van der Waals surface area (Å²) in [6, 6.07) is 9.47. The highest BCUT2D eigenvalue weighted by Gasteiger charge is 2.11. The molecular formula is C14H14O3S. The Morgan fingerprint density at radius 3 is 2.50 bits per heavy atom. The highest BCUT2D eigenvalue weighted by Crippen LogP contribution is 2.23. The zero-order valence-corrected chi connectivity index (χ0v) is 11.1. The van der Waals surface area contributed by atoms with Gasteiger partial charge in [-0.2, -0.15) is 0 Å². The second-order valence-corrected chi connectivity index (χ2v) is 5.36. The molecule has 1 heterocycles. The minimum Gasteiger partial charge on any atom is -0.489 e. The lowest BCUT2D eigenvalue weighted by Crippen LogP contribution is -1.96. The summed E-state index contributed by atoms with van der Waals surface area (Å²) >= 11 is 1.28. The number of carboxylic acid groups (broad SMARTS) is 1. The standard InChI is InChI=1S/C14H14O3S/c1-9-3-5-12(6-4-9)17-8-11-7-13(14(15)16)18-10(11)2/h3-7H,8H2,1-2H3,(H,15,16). The van der Waals surface area contributed by atoms with E-state index in [-0.39, 0.29) is 0 Å². The van der Waals surface area contributed by atoms with E-state index < -0.39 is 5.97 Å². The van der Waals surface area contributed by atoms with Crippen LogP contribution in [0, 0.1) is 13.8 Å². The number of aryl methyl sites for hydroxylation is 2. The van der Waals surface area contributed by atoms with Gasteiger partial charge in [0.15, 0.2) is 0 Å². The predicted octanol–water partition coefficient (Wildman–Crippen LogP) is 3.64. The average Bonchev–Trinajstić information content (AvgIpc) is 2.70. The van der Waals surface area contributed by atoms with Gasteiger partial charge in [-0.15, -0.1) is 11.3 Å². The number of ether oxygens (including phenoxy) is 1. The number of aromatic carboxylic acids is 1. The normalized spacial score (nSPS) is 10.3. The lowest BCUT2D eigenvalue weighted by Gasteiger charge is -2.05. The molecule has 2 rings (SSSR count). The van der Waals surface area contributed by atoms with E-state index in [1.165, 1.54) is 16.9 Å². The van der Waals surface area contributed by atoms with Crippen molar-refractivity contribution in [2.24, 2.45) is 0 Å². The highest BCUT2D eigenvalue weighted by molar-refractivity contribution is 7.14. The van der Waals surface area contributed by atoms with E-state index in [0.29, 0.717) is 11.5 Å². The van der Waals surface area contributed by atoms with Crippen LogP contribution in [0.5, 0.6) is 5.75 Å². The Balaban J connectivity index is 2.06. The van der Waals surface area contributed by atoms with Crippen LogP contribution in [0.15, 0.2) is 30.3 Å². The zero-order chi connectivity index (χ0) is 13.1. The molecule has 2 aromatic rings. The van der Waals surface area contributed by atoms with Gasteiger partial charge in [-0.3, -0.25) is 0 Å². The number of carboxylic acids is 1. The van der Waals surface area contributed by atoms with Crippen LogP contribution in [0.1, 0.15) is 25.7 Å². The Bertz CT molecular complexity index is 555. The van der Waals surface area contributed by atoms with Crippen molar-refractivity contribution in [3.63, 3.8) is 0 Å². The molecule has 94 valence electrons. The Morgan fingerprint density at radius 2 is 1.94 bits per heavy atom. The average molecular weight is 262 g/mol. The monoisotopic (exact) mass is 262 g/mol. The molecular weight excluding hydrogens is 248 g/mol. The quantitative estimate of drug-likeness (QED) is 0.915. The first-order valence-electron chi connectivity index (χ1n) is 5.58. The fourth-order valence-electron chi connectivity index (χ4n) is 1.56. The van der Waals surface area contributed by atoms with Crippen molar-refractivity contribution in [2.45, 2.75) is 20.5 Å². The molecule has 1 aromatic carbocycles. The number of hydrogen-bond donors (Lipinski definition) is 1. The van der Waals surface area contributed by atoms with Crippen molar-refractivity contribution in [1.29, 1.82) is 0 Å². The Morgan fingerprint density at radius 1 is 1.28 bits per heavy atom. The molecule has 0 aliphatic carbocycles. The van der Waals surface area contributed by atoms with Gasteiger partial charge >= 0.3 is 5.97 Å². The minimum absolute atomic E-state index is 0.356. The third kappa shape index (κ3) is 2.90. The molecule has 0 radical (unpaired) electrons. The number of carbonyl (C=O) groups is 1. The first-order chi connectivity index (χ1) is 8.56. The smallest absolute Gasteiger partial charge is 0.345 e. The van der Waals surface area contributed by atoms with Gasteiger partial charge in [0.1, 0.15) is 17.2 Å². The molecule has 3 nitrogen and oxygen atoms in total. The van der Waals surface area contributed by atoms with Crippen LogP contribution in [0.3, 0.4) is 0 Å². The molecule has 0 bridgehead atoms. The van der Waals surface area contributed by atoms with Gasteiger partial charge in [-0.05, 0) is 32.0 Å². The summed E-state index contributed by atoms with van der Waals surface area (Å²) in [6.45, 7) is 4.33. The van der Waals surface area contributed by atoms with Gasteiger partial charge in [0.05, 0.1) is 0 Å². The molecule has 0 aliphatic rings. The first kappa shape index (κ1) is 12.6. The van der Waals surface area contributed by atoms with Gasteiger partial charge in [0.2, 0.25) is 0 Å². The Kier molecular flexibility index (Phi) is 3.67. The van der Waals surface area contributed by atoms with E-state index in [9.17, 15) is 4.79 Å². The van der Waals surface area contributed by atoms with Crippen molar-refractivity contribution in [2.75, 3.05) is 0 Å². The summed E-state index contributed by atoms with van der Waals surface area (Å²) in [5, 5.41) is 8.91. The van der Waals surface area contributed by atoms with Gasteiger partial charge in [-0.1, -0.05) is 17.7 Å². The molecule has 0 unspecified atom stereocenters. The van der Waals surface area contributed by atoms with Crippen LogP contribution >= 0.6 is 11.3 Å². The summed E-state index contributed by atoms with van der Waals surface area (Å²) in [4.78, 5) is 12.2. The van der Waals surface area contributed by atoms with E-state index in [1.54, 1.807) is 6.07 Å². The summed E-state index contributed by atoms with van der Waals surface area (Å²) < 4.78 is 5.63. The van der Waals surface area contributed by atoms with Crippen LogP contribution < -0.4 is 4.74 Å². The van der Waals surface area contributed by atoms with E-state index in [0.717, 1.165) is 16.2 Å². The topological polar surface area (TPSA) is 46.5 Å². The summed E-state index contributed by atoms with van der Waals surface area (Å²) in [5.41, 5.74) is 2.11. The van der Waals surface area contributed by atoms with E-state index in [4.69, 9.17) is 9.84 Å². The van der Waals surface area contributed by atoms with Gasteiger partial charge in [0, 0.05) is 10.4 Å². The minimum atomic E-state index is -0.885. The molecule has 1 aromatic heterocycles. The Hall–Kier alpha value is -1.81. The van der Waals surface area contributed by atoms with Crippen LogP contribution in [0.25, 0.3) is 0 Å². The largest absolute Gasteiger partial charge is 0.489 e. The van der Waals surface area contributed by atoms with Gasteiger partial charge in [0.25, 0.3) is 0 Å². The molecule has 0 saturated carbocycles. The molecule has 1 N–H and O–H groups in total. The van der Waals surface area contributed by atoms with E-state index in [1.807, 2.05) is 38.1 Å². The van der Waals surface area contributed by atoms with Crippen LogP contribution in [0.4, 0.5) is 0 Å². The lowest BCUT2D eigenvalue weighted by molar-refractivity contribution is 0.0702. The van der Waals surface area contributed by atoms with Crippen LogP contribution in [-0.4, -0.2) is 11.1 Å². The number of rotatable bonds is 4. The second kappa shape index (κ2) is 5.23. The first-order valence-corrected chi connectivity index (χ1v) is 6.40. The molecule has 0 amide bonds. The maximum atomic E-state index is 10.8. The lowest BCUT2D eigenvalue weighted by atomic mass is 10.2. The zero-order valence-electron chi connectivity index (χ0n) is 10.3. The summed E-state index contributed by atoms with van der Waals surface area (Å²) in [7, 11) is 0.